The van der Waals surface area contributed by atoms with E-state index in [4.69, 9.17) is 14.2 Å². The summed E-state index contributed by atoms with van der Waals surface area (Å²) in [5, 5.41) is 0. The van der Waals surface area contributed by atoms with Crippen LogP contribution in [0.1, 0.15) is 38.6 Å². The summed E-state index contributed by atoms with van der Waals surface area (Å²) in [4.78, 5) is 38.0. The summed E-state index contributed by atoms with van der Waals surface area (Å²) in [6.07, 6.45) is -0.0142. The molecule has 0 saturated heterocycles. The predicted molar refractivity (Wildman–Crippen MR) is 88.1 cm³/mol. The van der Waals surface area contributed by atoms with E-state index in [0.717, 1.165) is 0 Å². The fraction of sp³-hybridized carbons (Fsp3) is 0.150. The number of hydrogen-bond acceptors (Lipinski definition) is 6. The van der Waals surface area contributed by atoms with Crippen molar-refractivity contribution >= 4 is 17.5 Å². The van der Waals surface area contributed by atoms with Crippen molar-refractivity contribution in [2.24, 2.45) is 0 Å². The van der Waals surface area contributed by atoms with Gasteiger partial charge in [0.05, 0.1) is 12.0 Å². The molecule has 0 bridgehead atoms. The van der Waals surface area contributed by atoms with Crippen LogP contribution < -0.4 is 9.47 Å². The van der Waals surface area contributed by atoms with Crippen LogP contribution in [0.15, 0.2) is 53.8 Å². The minimum Gasteiger partial charge on any atom is -0.454 e. The van der Waals surface area contributed by atoms with Crippen LogP contribution in [-0.4, -0.2) is 24.3 Å². The number of Topliss-reactive ketones (excluding diaryl/α,β-unsaturated/α-hetero) is 2. The molecule has 0 radical (unpaired) electrons. The van der Waals surface area contributed by atoms with Gasteiger partial charge in [-0.25, -0.2) is 0 Å². The second-order valence-electron chi connectivity index (χ2n) is 6.29. The third-order valence-corrected chi connectivity index (χ3v) is 4.85. The summed E-state index contributed by atoms with van der Waals surface area (Å²) in [7, 11) is 0. The number of benzene rings is 2. The van der Waals surface area contributed by atoms with Gasteiger partial charge in [-0.1, -0.05) is 30.3 Å². The Morgan fingerprint density at radius 1 is 0.846 bits per heavy atom. The first-order valence-electron chi connectivity index (χ1n) is 8.16. The highest BCUT2D eigenvalue weighted by Gasteiger charge is 2.43. The second-order valence-corrected chi connectivity index (χ2v) is 6.29. The van der Waals surface area contributed by atoms with Crippen LogP contribution in [0.2, 0.25) is 0 Å². The van der Waals surface area contributed by atoms with Gasteiger partial charge in [-0.2, -0.15) is 0 Å². The molecule has 0 saturated carbocycles. The van der Waals surface area contributed by atoms with Gasteiger partial charge in [0.2, 0.25) is 12.6 Å². The lowest BCUT2D eigenvalue weighted by molar-refractivity contribution is -0.140. The standard InChI is InChI=1S/C20H12O6/c21-16-8-13(10-5-6-14-15(7-10)25-9-24-14)17-18(22)11-3-1-2-4-12(11)19(23)20(17)26-16/h1-7,13H,8-9H2/t13-/m0/s1. The Labute approximate surface area is 148 Å². The SMILES string of the molecule is O=C1C[C@@H](c2ccc3c(c2)OCO3)C2=C(O1)C(=O)c1ccccc1C2=O. The molecule has 1 aliphatic carbocycles. The molecule has 0 unspecified atom stereocenters. The molecule has 6 heteroatoms. The zero-order valence-electron chi connectivity index (χ0n) is 13.5. The van der Waals surface area contributed by atoms with Crippen molar-refractivity contribution in [3.05, 3.63) is 70.5 Å². The van der Waals surface area contributed by atoms with Gasteiger partial charge < -0.3 is 14.2 Å². The molecular weight excluding hydrogens is 336 g/mol. The summed E-state index contributed by atoms with van der Waals surface area (Å²) in [5.74, 6) is -0.819. The minimum atomic E-state index is -0.564. The van der Waals surface area contributed by atoms with E-state index in [0.29, 0.717) is 22.6 Å². The summed E-state index contributed by atoms with van der Waals surface area (Å²) < 4.78 is 15.9. The van der Waals surface area contributed by atoms with E-state index in [1.54, 1.807) is 42.5 Å². The van der Waals surface area contributed by atoms with Crippen LogP contribution >= 0.6 is 0 Å². The monoisotopic (exact) mass is 348 g/mol. The fourth-order valence-electron chi connectivity index (χ4n) is 3.63. The van der Waals surface area contributed by atoms with Gasteiger partial charge in [0.1, 0.15) is 0 Å². The van der Waals surface area contributed by atoms with Crippen LogP contribution in [0.25, 0.3) is 0 Å². The lowest BCUT2D eigenvalue weighted by Crippen LogP contribution is -2.32. The maximum atomic E-state index is 13.1. The van der Waals surface area contributed by atoms with Crippen LogP contribution in [-0.2, 0) is 9.53 Å². The van der Waals surface area contributed by atoms with Crippen molar-refractivity contribution in [3.63, 3.8) is 0 Å². The lowest BCUT2D eigenvalue weighted by Gasteiger charge is -2.30. The largest absolute Gasteiger partial charge is 0.454 e. The first-order chi connectivity index (χ1) is 12.6. The summed E-state index contributed by atoms with van der Waals surface area (Å²) in [6, 6.07) is 11.8. The van der Waals surface area contributed by atoms with Gasteiger partial charge in [0, 0.05) is 17.0 Å². The number of allylic oxidation sites excluding steroid dienone is 2. The molecule has 128 valence electrons. The third kappa shape index (κ3) is 2.02. The van der Waals surface area contributed by atoms with Crippen LogP contribution in [0, 0.1) is 0 Å². The number of hydrogen-bond donors (Lipinski definition) is 0. The third-order valence-electron chi connectivity index (χ3n) is 4.85. The number of rotatable bonds is 1. The average Bonchev–Trinajstić information content (AvgIpc) is 3.13. The molecule has 1 atom stereocenters. The van der Waals surface area contributed by atoms with Crippen LogP contribution in [0.3, 0.4) is 0 Å². The van der Waals surface area contributed by atoms with Gasteiger partial charge >= 0.3 is 5.97 Å². The highest BCUT2D eigenvalue weighted by Crippen LogP contribution is 2.43. The molecule has 5 rings (SSSR count). The van der Waals surface area contributed by atoms with Crippen molar-refractivity contribution in [3.8, 4) is 11.5 Å². The van der Waals surface area contributed by atoms with Crippen LogP contribution in [0.4, 0.5) is 0 Å². The van der Waals surface area contributed by atoms with Gasteiger partial charge in [-0.15, -0.1) is 0 Å². The average molecular weight is 348 g/mol. The molecule has 0 spiro atoms. The Morgan fingerprint density at radius 2 is 1.58 bits per heavy atom. The molecule has 3 aliphatic rings. The van der Waals surface area contributed by atoms with E-state index in [9.17, 15) is 14.4 Å². The topological polar surface area (TPSA) is 78.9 Å². The smallest absolute Gasteiger partial charge is 0.312 e. The predicted octanol–water partition coefficient (Wildman–Crippen LogP) is 2.78. The molecule has 0 amide bonds. The van der Waals surface area contributed by atoms with Crippen molar-refractivity contribution in [2.45, 2.75) is 12.3 Å². The van der Waals surface area contributed by atoms with E-state index in [1.165, 1.54) is 0 Å². The van der Waals surface area contributed by atoms with Crippen molar-refractivity contribution in [1.29, 1.82) is 0 Å². The normalized spacial score (nSPS) is 20.6. The quantitative estimate of drug-likeness (QED) is 0.738. The molecule has 2 aromatic rings. The fourth-order valence-corrected chi connectivity index (χ4v) is 3.63. The van der Waals surface area contributed by atoms with E-state index in [1.807, 2.05) is 0 Å². The summed E-state index contributed by atoms with van der Waals surface area (Å²) in [6.45, 7) is 0.129. The van der Waals surface area contributed by atoms with Gasteiger partial charge in [-0.05, 0) is 17.7 Å². The minimum absolute atomic E-state index is 0.0142. The maximum Gasteiger partial charge on any atom is 0.312 e. The Balaban J connectivity index is 1.68. The zero-order chi connectivity index (χ0) is 17.8. The van der Waals surface area contributed by atoms with E-state index in [2.05, 4.69) is 0 Å². The second kappa shape index (κ2) is 5.29. The molecule has 0 aromatic heterocycles. The number of carbonyl (C=O) groups is 3. The Morgan fingerprint density at radius 3 is 2.38 bits per heavy atom. The summed E-state index contributed by atoms with van der Waals surface area (Å²) in [5.41, 5.74) is 1.53. The molecule has 2 aliphatic heterocycles. The molecular formula is C20H12O6. The maximum absolute atomic E-state index is 13.1. The number of ether oxygens (including phenoxy) is 3. The van der Waals surface area contributed by atoms with Crippen molar-refractivity contribution in [2.75, 3.05) is 6.79 Å². The van der Waals surface area contributed by atoms with Gasteiger partial charge in [0.15, 0.2) is 23.0 Å². The highest BCUT2D eigenvalue weighted by molar-refractivity contribution is 6.27. The highest BCUT2D eigenvalue weighted by atomic mass is 16.7. The van der Waals surface area contributed by atoms with Crippen LogP contribution in [0.5, 0.6) is 11.5 Å². The molecule has 0 N–H and O–H groups in total. The zero-order valence-corrected chi connectivity index (χ0v) is 13.5. The Kier molecular flexibility index (Phi) is 3.03. The lowest BCUT2D eigenvalue weighted by atomic mass is 9.77. The number of fused-ring (bicyclic) bond motifs is 2. The molecule has 0 fully saturated rings. The van der Waals surface area contributed by atoms with E-state index in [-0.39, 0.29) is 35.9 Å². The molecule has 2 aromatic carbocycles. The molecule has 26 heavy (non-hydrogen) atoms. The molecule has 6 nitrogen and oxygen atoms in total. The summed E-state index contributed by atoms with van der Waals surface area (Å²) >= 11 is 0. The van der Waals surface area contributed by atoms with E-state index < -0.39 is 17.7 Å². The van der Waals surface area contributed by atoms with Gasteiger partial charge in [-0.3, -0.25) is 14.4 Å². The van der Waals surface area contributed by atoms with E-state index >= 15 is 0 Å². The molecule has 2 heterocycles. The number of carbonyl (C=O) groups excluding carboxylic acids is 3. The van der Waals surface area contributed by atoms with Crippen molar-refractivity contribution in [1.82, 2.24) is 0 Å². The number of ketones is 2. The van der Waals surface area contributed by atoms with Crippen molar-refractivity contribution < 1.29 is 28.6 Å². The number of esters is 1. The Hall–Kier alpha value is -3.41. The first-order valence-corrected chi connectivity index (χ1v) is 8.16. The Bertz CT molecular complexity index is 1030. The first kappa shape index (κ1) is 14.9. The van der Waals surface area contributed by atoms with Gasteiger partial charge in [0.25, 0.3) is 0 Å².